The Morgan fingerprint density at radius 3 is 2.65 bits per heavy atom. The number of benzene rings is 1. The maximum atomic E-state index is 13.0. The van der Waals surface area contributed by atoms with Gasteiger partial charge in [-0.2, -0.15) is 0 Å². The van der Waals surface area contributed by atoms with E-state index in [2.05, 4.69) is 0 Å². The Morgan fingerprint density at radius 1 is 1.47 bits per heavy atom. The van der Waals surface area contributed by atoms with Crippen LogP contribution in [0.15, 0.2) is 18.2 Å². The molecule has 2 nitrogen and oxygen atoms in total. The Labute approximate surface area is 101 Å². The maximum absolute atomic E-state index is 13.0. The van der Waals surface area contributed by atoms with Crippen LogP contribution >= 0.6 is 0 Å². The number of ketones is 1. The molecule has 0 atom stereocenters. The van der Waals surface area contributed by atoms with Gasteiger partial charge in [0.05, 0.1) is 0 Å². The Morgan fingerprint density at radius 2 is 2.18 bits per heavy atom. The van der Waals surface area contributed by atoms with E-state index in [4.69, 9.17) is 5.73 Å². The fourth-order valence-electron chi connectivity index (χ4n) is 2.42. The lowest BCUT2D eigenvalue weighted by Crippen LogP contribution is -2.45. The van der Waals surface area contributed by atoms with Crippen LogP contribution in [0.3, 0.4) is 0 Å². The van der Waals surface area contributed by atoms with Crippen LogP contribution in [0.4, 0.5) is 4.39 Å². The molecule has 0 bridgehead atoms. The fraction of sp³-hybridized carbons (Fsp3) is 0.500. The molecule has 1 aromatic carbocycles. The first-order valence-electron chi connectivity index (χ1n) is 6.06. The highest BCUT2D eigenvalue weighted by atomic mass is 19.1. The van der Waals surface area contributed by atoms with Crippen LogP contribution in [-0.4, -0.2) is 12.3 Å². The zero-order valence-corrected chi connectivity index (χ0v) is 10.1. The molecule has 92 valence electrons. The highest BCUT2D eigenvalue weighted by Gasteiger charge is 2.42. The molecule has 0 radical (unpaired) electrons. The van der Waals surface area contributed by atoms with Gasteiger partial charge in [-0.05, 0) is 43.0 Å². The van der Waals surface area contributed by atoms with Gasteiger partial charge >= 0.3 is 0 Å². The first-order valence-corrected chi connectivity index (χ1v) is 6.06. The minimum absolute atomic E-state index is 0.209. The molecule has 0 amide bonds. The van der Waals surface area contributed by atoms with E-state index in [1.165, 1.54) is 12.1 Å². The van der Waals surface area contributed by atoms with Crippen molar-refractivity contribution in [3.63, 3.8) is 0 Å². The van der Waals surface area contributed by atoms with E-state index in [0.29, 0.717) is 13.0 Å². The van der Waals surface area contributed by atoms with Gasteiger partial charge in [-0.3, -0.25) is 4.79 Å². The van der Waals surface area contributed by atoms with E-state index in [0.717, 1.165) is 30.4 Å². The minimum atomic E-state index is -0.291. The molecule has 0 aliphatic heterocycles. The molecule has 3 heteroatoms. The summed E-state index contributed by atoms with van der Waals surface area (Å²) in [6, 6.07) is 4.58. The second kappa shape index (κ2) is 4.57. The lowest BCUT2D eigenvalue weighted by molar-refractivity contribution is -0.132. The zero-order chi connectivity index (χ0) is 12.5. The van der Waals surface area contributed by atoms with Crippen LogP contribution in [-0.2, 0) is 11.2 Å². The number of hydrogen-bond donors (Lipinski definition) is 1. The van der Waals surface area contributed by atoms with Gasteiger partial charge in [0.1, 0.15) is 11.6 Å². The molecule has 0 spiro atoms. The van der Waals surface area contributed by atoms with Gasteiger partial charge in [0.2, 0.25) is 0 Å². The Bertz CT molecular complexity index is 432. The smallest absolute Gasteiger partial charge is 0.144 e. The van der Waals surface area contributed by atoms with Crippen molar-refractivity contribution >= 4 is 5.78 Å². The number of rotatable bonds is 4. The van der Waals surface area contributed by atoms with Gasteiger partial charge in [-0.15, -0.1) is 0 Å². The number of carbonyl (C=O) groups excluding carboxylic acids is 1. The number of hydrogen-bond acceptors (Lipinski definition) is 2. The van der Waals surface area contributed by atoms with Crippen LogP contribution in [0.25, 0.3) is 0 Å². The molecule has 1 aromatic rings. The molecule has 0 saturated heterocycles. The van der Waals surface area contributed by atoms with Crippen LogP contribution < -0.4 is 5.73 Å². The zero-order valence-electron chi connectivity index (χ0n) is 10.1. The molecule has 2 rings (SSSR count). The summed E-state index contributed by atoms with van der Waals surface area (Å²) in [4.78, 5) is 12.2. The summed E-state index contributed by atoms with van der Waals surface area (Å²) in [7, 11) is 0. The predicted octanol–water partition coefficient (Wildman–Crippen LogP) is 2.37. The molecule has 1 saturated carbocycles. The first kappa shape index (κ1) is 12.2. The predicted molar refractivity (Wildman–Crippen MR) is 65.2 cm³/mol. The highest BCUT2D eigenvalue weighted by Crippen LogP contribution is 2.41. The molecule has 0 aromatic heterocycles. The number of halogens is 1. The number of Topliss-reactive ketones (excluding diaryl/α,β-unsaturated/α-hetero) is 1. The standard InChI is InChI=1S/C14H18FNO/c1-10-7-12(15)4-3-11(10)8-13(17)14(9-16)5-2-6-14/h3-4,7H,2,5-6,8-9,16H2,1H3. The van der Waals surface area contributed by atoms with E-state index in [1.54, 1.807) is 6.07 Å². The largest absolute Gasteiger partial charge is 0.329 e. The Hall–Kier alpha value is -1.22. The summed E-state index contributed by atoms with van der Waals surface area (Å²) in [5, 5.41) is 0. The normalized spacial score (nSPS) is 17.6. The summed E-state index contributed by atoms with van der Waals surface area (Å²) in [6.07, 6.45) is 3.28. The average Bonchev–Trinajstić information content (AvgIpc) is 2.21. The van der Waals surface area contributed by atoms with E-state index in [1.807, 2.05) is 6.92 Å². The molecule has 0 unspecified atom stereocenters. The summed E-state index contributed by atoms with van der Waals surface area (Å²) in [5.41, 5.74) is 7.16. The summed E-state index contributed by atoms with van der Waals surface area (Å²) < 4.78 is 13.0. The van der Waals surface area contributed by atoms with Gasteiger partial charge in [0.15, 0.2) is 0 Å². The highest BCUT2D eigenvalue weighted by molar-refractivity contribution is 5.88. The minimum Gasteiger partial charge on any atom is -0.329 e. The van der Waals surface area contributed by atoms with Gasteiger partial charge in [0, 0.05) is 18.4 Å². The third kappa shape index (κ3) is 2.25. The van der Waals surface area contributed by atoms with Crippen molar-refractivity contribution in [2.75, 3.05) is 6.54 Å². The average molecular weight is 235 g/mol. The SMILES string of the molecule is Cc1cc(F)ccc1CC(=O)C1(CN)CCC1. The van der Waals surface area contributed by atoms with Crippen molar-refractivity contribution in [3.8, 4) is 0 Å². The molecular weight excluding hydrogens is 217 g/mol. The number of nitrogens with two attached hydrogens (primary N) is 1. The van der Waals surface area contributed by atoms with Crippen LogP contribution in [0.2, 0.25) is 0 Å². The van der Waals surface area contributed by atoms with Crippen molar-refractivity contribution < 1.29 is 9.18 Å². The molecule has 17 heavy (non-hydrogen) atoms. The quantitative estimate of drug-likeness (QED) is 0.870. The van der Waals surface area contributed by atoms with Crippen molar-refractivity contribution in [2.24, 2.45) is 11.1 Å². The van der Waals surface area contributed by atoms with Crippen molar-refractivity contribution in [1.82, 2.24) is 0 Å². The molecule has 2 N–H and O–H groups in total. The third-order valence-electron chi connectivity index (χ3n) is 3.95. The van der Waals surface area contributed by atoms with Crippen molar-refractivity contribution in [2.45, 2.75) is 32.6 Å². The summed E-state index contributed by atoms with van der Waals surface area (Å²) in [5.74, 6) is -0.0446. The van der Waals surface area contributed by atoms with Crippen molar-refractivity contribution in [1.29, 1.82) is 0 Å². The number of carbonyl (C=O) groups is 1. The summed E-state index contributed by atoms with van der Waals surface area (Å²) in [6.45, 7) is 2.27. The van der Waals surface area contributed by atoms with E-state index >= 15 is 0 Å². The van der Waals surface area contributed by atoms with Gasteiger partial charge < -0.3 is 5.73 Å². The third-order valence-corrected chi connectivity index (χ3v) is 3.95. The van der Waals surface area contributed by atoms with Gasteiger partial charge in [-0.25, -0.2) is 4.39 Å². The summed E-state index contributed by atoms with van der Waals surface area (Å²) >= 11 is 0. The second-order valence-corrected chi connectivity index (χ2v) is 5.01. The van der Waals surface area contributed by atoms with Crippen LogP contribution in [0.5, 0.6) is 0 Å². The molecular formula is C14H18FNO. The fourth-order valence-corrected chi connectivity index (χ4v) is 2.42. The Balaban J connectivity index is 2.13. The van der Waals surface area contributed by atoms with Gasteiger partial charge in [0.25, 0.3) is 0 Å². The first-order chi connectivity index (χ1) is 8.07. The molecule has 1 aliphatic carbocycles. The monoisotopic (exact) mass is 235 g/mol. The van der Waals surface area contributed by atoms with Crippen LogP contribution in [0.1, 0.15) is 30.4 Å². The van der Waals surface area contributed by atoms with E-state index < -0.39 is 0 Å². The molecule has 0 heterocycles. The number of aryl methyl sites for hydroxylation is 1. The molecule has 1 aliphatic rings. The van der Waals surface area contributed by atoms with Crippen LogP contribution in [0, 0.1) is 18.2 Å². The van der Waals surface area contributed by atoms with E-state index in [9.17, 15) is 9.18 Å². The van der Waals surface area contributed by atoms with Crippen molar-refractivity contribution in [3.05, 3.63) is 35.1 Å². The van der Waals surface area contributed by atoms with E-state index in [-0.39, 0.29) is 17.0 Å². The topological polar surface area (TPSA) is 43.1 Å². The maximum Gasteiger partial charge on any atom is 0.144 e. The lowest BCUT2D eigenvalue weighted by atomic mass is 9.65. The molecule has 1 fully saturated rings. The second-order valence-electron chi connectivity index (χ2n) is 5.01. The Kier molecular flexibility index (Phi) is 3.29. The lowest BCUT2D eigenvalue weighted by Gasteiger charge is -2.39. The van der Waals surface area contributed by atoms with Gasteiger partial charge in [-0.1, -0.05) is 12.5 Å².